The first-order valence-corrected chi connectivity index (χ1v) is 5.98. The zero-order chi connectivity index (χ0) is 12.1. The fourth-order valence-corrected chi connectivity index (χ4v) is 1.62. The van der Waals surface area contributed by atoms with Gasteiger partial charge in [0.05, 0.1) is 18.6 Å². The Morgan fingerprint density at radius 3 is 2.82 bits per heavy atom. The number of nitrogens with one attached hydrogen (secondary N) is 1. The largest absolute Gasteiger partial charge is 0.493 e. The van der Waals surface area contributed by atoms with Crippen molar-refractivity contribution >= 4 is 0 Å². The van der Waals surface area contributed by atoms with Gasteiger partial charge in [-0.05, 0) is 24.5 Å². The number of rotatable bonds is 5. The van der Waals surface area contributed by atoms with E-state index in [9.17, 15) is 0 Å². The third-order valence-electron chi connectivity index (χ3n) is 2.61. The summed E-state index contributed by atoms with van der Waals surface area (Å²) in [7, 11) is 0. The molecule has 0 saturated carbocycles. The topological polar surface area (TPSA) is 37.9 Å². The van der Waals surface area contributed by atoms with Gasteiger partial charge in [0.1, 0.15) is 5.75 Å². The van der Waals surface area contributed by atoms with Gasteiger partial charge in [0, 0.05) is 11.8 Å². The zero-order valence-corrected chi connectivity index (χ0v) is 10.3. The van der Waals surface area contributed by atoms with Crippen LogP contribution in [0, 0.1) is 5.92 Å². The van der Waals surface area contributed by atoms with Crippen LogP contribution < -0.4 is 4.74 Å². The molecule has 1 N–H and O–H groups in total. The highest BCUT2D eigenvalue weighted by Crippen LogP contribution is 2.28. The molecule has 2 rings (SSSR count). The van der Waals surface area contributed by atoms with E-state index in [4.69, 9.17) is 4.74 Å². The molecule has 0 unspecified atom stereocenters. The Balaban J connectivity index is 2.11. The van der Waals surface area contributed by atoms with E-state index in [1.807, 2.05) is 30.5 Å². The Morgan fingerprint density at radius 1 is 1.29 bits per heavy atom. The summed E-state index contributed by atoms with van der Waals surface area (Å²) >= 11 is 0. The fourth-order valence-electron chi connectivity index (χ4n) is 1.62. The molecule has 0 spiro atoms. The fraction of sp³-hybridized carbons (Fsp3) is 0.357. The summed E-state index contributed by atoms with van der Waals surface area (Å²) in [5, 5.41) is 0. The molecule has 1 heterocycles. The van der Waals surface area contributed by atoms with E-state index >= 15 is 0 Å². The van der Waals surface area contributed by atoms with Gasteiger partial charge in [0.25, 0.3) is 0 Å². The SMILES string of the molecule is CC(C)CCOc1ccccc1-c1c[nH]cn1. The maximum Gasteiger partial charge on any atom is 0.128 e. The minimum atomic E-state index is 0.660. The molecule has 1 aromatic heterocycles. The molecule has 17 heavy (non-hydrogen) atoms. The summed E-state index contributed by atoms with van der Waals surface area (Å²) in [6.07, 6.45) is 4.62. The molecule has 0 aliphatic rings. The number of hydrogen-bond acceptors (Lipinski definition) is 2. The molecular formula is C14H18N2O. The van der Waals surface area contributed by atoms with Crippen molar-refractivity contribution in [1.29, 1.82) is 0 Å². The van der Waals surface area contributed by atoms with Gasteiger partial charge in [-0.25, -0.2) is 4.98 Å². The van der Waals surface area contributed by atoms with Crippen LogP contribution in [0.2, 0.25) is 0 Å². The maximum atomic E-state index is 5.82. The number of imidazole rings is 1. The first kappa shape index (κ1) is 11.7. The van der Waals surface area contributed by atoms with Crippen molar-refractivity contribution in [1.82, 2.24) is 9.97 Å². The van der Waals surface area contributed by atoms with E-state index in [0.29, 0.717) is 5.92 Å². The smallest absolute Gasteiger partial charge is 0.128 e. The summed E-state index contributed by atoms with van der Waals surface area (Å²) in [5.41, 5.74) is 1.96. The lowest BCUT2D eigenvalue weighted by molar-refractivity contribution is 0.290. The lowest BCUT2D eigenvalue weighted by atomic mass is 10.1. The molecule has 1 aromatic carbocycles. The van der Waals surface area contributed by atoms with Gasteiger partial charge in [0.2, 0.25) is 0 Å². The molecule has 0 radical (unpaired) electrons. The van der Waals surface area contributed by atoms with E-state index in [2.05, 4.69) is 23.8 Å². The lowest BCUT2D eigenvalue weighted by Gasteiger charge is -2.11. The van der Waals surface area contributed by atoms with Crippen LogP contribution in [0.3, 0.4) is 0 Å². The lowest BCUT2D eigenvalue weighted by Crippen LogP contribution is -2.02. The standard InChI is InChI=1S/C14H18N2O/c1-11(2)7-8-17-14-6-4-3-5-12(14)13-9-15-10-16-13/h3-6,9-11H,7-8H2,1-2H3,(H,15,16). The summed E-state index contributed by atoms with van der Waals surface area (Å²) < 4.78 is 5.82. The number of nitrogens with zero attached hydrogens (tertiary/aromatic N) is 1. The Labute approximate surface area is 102 Å². The molecule has 0 fully saturated rings. The highest BCUT2D eigenvalue weighted by atomic mass is 16.5. The van der Waals surface area contributed by atoms with Crippen molar-refractivity contribution in [2.75, 3.05) is 6.61 Å². The van der Waals surface area contributed by atoms with Crippen LogP contribution in [0.4, 0.5) is 0 Å². The first-order valence-electron chi connectivity index (χ1n) is 5.98. The summed E-state index contributed by atoms with van der Waals surface area (Å²) in [6.45, 7) is 5.14. The second-order valence-electron chi connectivity index (χ2n) is 4.48. The van der Waals surface area contributed by atoms with Crippen molar-refractivity contribution in [2.45, 2.75) is 20.3 Å². The van der Waals surface area contributed by atoms with Gasteiger partial charge in [-0.15, -0.1) is 0 Å². The van der Waals surface area contributed by atoms with Gasteiger partial charge in [-0.1, -0.05) is 26.0 Å². The number of aromatic nitrogens is 2. The quantitative estimate of drug-likeness (QED) is 0.853. The Kier molecular flexibility index (Phi) is 3.81. The predicted molar refractivity (Wildman–Crippen MR) is 69.0 cm³/mol. The van der Waals surface area contributed by atoms with Crippen LogP contribution in [0.25, 0.3) is 11.3 Å². The summed E-state index contributed by atoms with van der Waals surface area (Å²) in [6, 6.07) is 8.01. The van der Waals surface area contributed by atoms with Crippen LogP contribution in [-0.4, -0.2) is 16.6 Å². The highest BCUT2D eigenvalue weighted by molar-refractivity contribution is 5.66. The molecular weight excluding hydrogens is 212 g/mol. The van der Waals surface area contributed by atoms with E-state index < -0.39 is 0 Å². The molecule has 0 bridgehead atoms. The molecule has 0 saturated heterocycles. The van der Waals surface area contributed by atoms with E-state index in [1.54, 1.807) is 6.33 Å². The van der Waals surface area contributed by atoms with Crippen molar-refractivity contribution in [3.63, 3.8) is 0 Å². The zero-order valence-electron chi connectivity index (χ0n) is 10.3. The number of para-hydroxylation sites is 1. The van der Waals surface area contributed by atoms with Crippen LogP contribution in [0.5, 0.6) is 5.75 Å². The Bertz CT molecular complexity index is 449. The maximum absolute atomic E-state index is 5.82. The predicted octanol–water partition coefficient (Wildman–Crippen LogP) is 3.50. The van der Waals surface area contributed by atoms with Gasteiger partial charge in [-0.2, -0.15) is 0 Å². The van der Waals surface area contributed by atoms with Gasteiger partial charge in [-0.3, -0.25) is 0 Å². The third kappa shape index (κ3) is 3.09. The minimum absolute atomic E-state index is 0.660. The molecule has 90 valence electrons. The van der Waals surface area contributed by atoms with E-state index in [1.165, 1.54) is 0 Å². The number of hydrogen-bond donors (Lipinski definition) is 1. The monoisotopic (exact) mass is 230 g/mol. The van der Waals surface area contributed by atoms with E-state index in [-0.39, 0.29) is 0 Å². The summed E-state index contributed by atoms with van der Waals surface area (Å²) in [5.74, 6) is 1.56. The van der Waals surface area contributed by atoms with Gasteiger partial charge in [0.15, 0.2) is 0 Å². The molecule has 2 aromatic rings. The van der Waals surface area contributed by atoms with Crippen molar-refractivity contribution in [3.8, 4) is 17.0 Å². The van der Waals surface area contributed by atoms with Gasteiger partial charge >= 0.3 is 0 Å². The third-order valence-corrected chi connectivity index (χ3v) is 2.61. The van der Waals surface area contributed by atoms with Crippen molar-refractivity contribution < 1.29 is 4.74 Å². The van der Waals surface area contributed by atoms with E-state index in [0.717, 1.165) is 30.0 Å². The van der Waals surface area contributed by atoms with Crippen LogP contribution in [0.1, 0.15) is 20.3 Å². The first-order chi connectivity index (χ1) is 8.27. The molecule has 3 nitrogen and oxygen atoms in total. The van der Waals surface area contributed by atoms with Crippen LogP contribution in [0.15, 0.2) is 36.8 Å². The Morgan fingerprint density at radius 2 is 2.12 bits per heavy atom. The number of ether oxygens (including phenoxy) is 1. The van der Waals surface area contributed by atoms with Crippen molar-refractivity contribution in [2.24, 2.45) is 5.92 Å². The number of aromatic amines is 1. The van der Waals surface area contributed by atoms with Gasteiger partial charge < -0.3 is 9.72 Å². The van der Waals surface area contributed by atoms with Crippen LogP contribution >= 0.6 is 0 Å². The molecule has 0 atom stereocenters. The molecule has 3 heteroatoms. The average molecular weight is 230 g/mol. The second kappa shape index (κ2) is 5.53. The summed E-state index contributed by atoms with van der Waals surface area (Å²) in [4.78, 5) is 7.22. The minimum Gasteiger partial charge on any atom is -0.493 e. The number of H-pyrrole nitrogens is 1. The molecule has 0 aliphatic heterocycles. The Hall–Kier alpha value is -1.77. The highest BCUT2D eigenvalue weighted by Gasteiger charge is 2.07. The molecule has 0 amide bonds. The van der Waals surface area contributed by atoms with Crippen LogP contribution in [-0.2, 0) is 0 Å². The average Bonchev–Trinajstić information content (AvgIpc) is 2.82. The van der Waals surface area contributed by atoms with Crippen molar-refractivity contribution in [3.05, 3.63) is 36.8 Å². The second-order valence-corrected chi connectivity index (χ2v) is 4.48. The molecule has 0 aliphatic carbocycles. The number of benzene rings is 1. The normalized spacial score (nSPS) is 10.8.